The summed E-state index contributed by atoms with van der Waals surface area (Å²) in [5.41, 5.74) is 0. The lowest BCUT2D eigenvalue weighted by molar-refractivity contribution is 0.0181. The molecule has 3 atom stereocenters. The molecule has 4 nitrogen and oxygen atoms in total. The first-order valence-corrected chi connectivity index (χ1v) is 8.68. The Kier molecular flexibility index (Phi) is 3.76. The number of likely N-dealkylation sites (tertiary alicyclic amines) is 1. The first-order chi connectivity index (χ1) is 10.3. The minimum absolute atomic E-state index is 0.101. The highest BCUT2D eigenvalue weighted by Gasteiger charge is 2.37. The van der Waals surface area contributed by atoms with Crippen molar-refractivity contribution in [3.8, 4) is 0 Å². The summed E-state index contributed by atoms with van der Waals surface area (Å²) in [6.45, 7) is 1.94. The minimum Gasteiger partial charge on any atom is -0.444 e. The van der Waals surface area contributed by atoms with E-state index < -0.39 is 0 Å². The third kappa shape index (κ3) is 2.88. The number of aromatic nitrogens is 1. The zero-order valence-corrected chi connectivity index (χ0v) is 12.7. The van der Waals surface area contributed by atoms with E-state index in [1.165, 1.54) is 44.9 Å². The van der Waals surface area contributed by atoms with Crippen LogP contribution in [0.5, 0.6) is 0 Å². The molecule has 3 aliphatic rings. The van der Waals surface area contributed by atoms with Crippen molar-refractivity contribution in [2.24, 2.45) is 5.92 Å². The van der Waals surface area contributed by atoms with Crippen LogP contribution in [0.1, 0.15) is 68.9 Å². The SMILES string of the molecule is O[C@@H]1CCCC[C@H]1[C@H]1CCCN1Cc1ncc(C2CC2)o1. The fourth-order valence-corrected chi connectivity index (χ4v) is 4.25. The molecule has 116 valence electrons. The van der Waals surface area contributed by atoms with Gasteiger partial charge < -0.3 is 9.52 Å². The topological polar surface area (TPSA) is 49.5 Å². The lowest BCUT2D eigenvalue weighted by Gasteiger charge is -2.36. The van der Waals surface area contributed by atoms with E-state index in [2.05, 4.69) is 9.88 Å². The highest BCUT2D eigenvalue weighted by Crippen LogP contribution is 2.40. The van der Waals surface area contributed by atoms with Gasteiger partial charge in [0.25, 0.3) is 0 Å². The van der Waals surface area contributed by atoms with Crippen LogP contribution in [0.2, 0.25) is 0 Å². The number of aliphatic hydroxyl groups is 1. The number of hydrogen-bond donors (Lipinski definition) is 1. The van der Waals surface area contributed by atoms with Crippen molar-refractivity contribution in [2.75, 3.05) is 6.54 Å². The van der Waals surface area contributed by atoms with Crippen LogP contribution in [0.4, 0.5) is 0 Å². The molecule has 0 spiro atoms. The van der Waals surface area contributed by atoms with Crippen molar-refractivity contribution in [2.45, 2.75) is 76.0 Å². The summed E-state index contributed by atoms with van der Waals surface area (Å²) in [4.78, 5) is 6.97. The summed E-state index contributed by atoms with van der Waals surface area (Å²) < 4.78 is 5.92. The van der Waals surface area contributed by atoms with E-state index in [0.717, 1.165) is 31.2 Å². The van der Waals surface area contributed by atoms with Gasteiger partial charge in [-0.1, -0.05) is 12.8 Å². The van der Waals surface area contributed by atoms with Crippen molar-refractivity contribution in [3.05, 3.63) is 17.8 Å². The zero-order chi connectivity index (χ0) is 14.2. The van der Waals surface area contributed by atoms with E-state index in [0.29, 0.717) is 17.9 Å². The number of hydrogen-bond acceptors (Lipinski definition) is 4. The number of aliphatic hydroxyl groups excluding tert-OH is 1. The average molecular weight is 290 g/mol. The summed E-state index contributed by atoms with van der Waals surface area (Å²) in [5.74, 6) is 3.05. The van der Waals surface area contributed by atoms with Gasteiger partial charge in [0.15, 0.2) is 0 Å². The molecule has 21 heavy (non-hydrogen) atoms. The van der Waals surface area contributed by atoms with Crippen molar-refractivity contribution in [1.82, 2.24) is 9.88 Å². The van der Waals surface area contributed by atoms with Gasteiger partial charge >= 0.3 is 0 Å². The molecule has 3 fully saturated rings. The summed E-state index contributed by atoms with van der Waals surface area (Å²) in [5, 5.41) is 10.3. The van der Waals surface area contributed by atoms with Gasteiger partial charge in [-0.3, -0.25) is 4.90 Å². The van der Waals surface area contributed by atoms with Gasteiger partial charge in [-0.2, -0.15) is 0 Å². The molecule has 0 aromatic carbocycles. The van der Waals surface area contributed by atoms with E-state index in [1.54, 1.807) is 0 Å². The van der Waals surface area contributed by atoms with E-state index in [-0.39, 0.29) is 6.10 Å². The van der Waals surface area contributed by atoms with Crippen LogP contribution >= 0.6 is 0 Å². The third-order valence-corrected chi connectivity index (χ3v) is 5.58. The monoisotopic (exact) mass is 290 g/mol. The third-order valence-electron chi connectivity index (χ3n) is 5.58. The second-order valence-corrected chi connectivity index (χ2v) is 7.13. The molecule has 1 saturated heterocycles. The van der Waals surface area contributed by atoms with E-state index >= 15 is 0 Å². The summed E-state index contributed by atoms with van der Waals surface area (Å²) >= 11 is 0. The smallest absolute Gasteiger partial charge is 0.208 e. The van der Waals surface area contributed by atoms with Gasteiger partial charge in [0, 0.05) is 17.9 Å². The quantitative estimate of drug-likeness (QED) is 0.926. The van der Waals surface area contributed by atoms with Gasteiger partial charge in [0.2, 0.25) is 5.89 Å². The lowest BCUT2D eigenvalue weighted by Crippen LogP contribution is -2.42. The van der Waals surface area contributed by atoms with Gasteiger partial charge in [-0.05, 0) is 45.1 Å². The molecule has 4 heteroatoms. The maximum absolute atomic E-state index is 10.3. The first-order valence-electron chi connectivity index (χ1n) is 8.68. The average Bonchev–Trinajstić information content (AvgIpc) is 3.07. The van der Waals surface area contributed by atoms with E-state index in [9.17, 15) is 5.11 Å². The van der Waals surface area contributed by atoms with Crippen LogP contribution in [-0.2, 0) is 6.54 Å². The predicted molar refractivity (Wildman–Crippen MR) is 79.9 cm³/mol. The lowest BCUT2D eigenvalue weighted by atomic mass is 9.80. The minimum atomic E-state index is -0.101. The Morgan fingerprint density at radius 3 is 2.81 bits per heavy atom. The van der Waals surface area contributed by atoms with Crippen LogP contribution in [0.3, 0.4) is 0 Å². The molecular weight excluding hydrogens is 264 g/mol. The Morgan fingerprint density at radius 1 is 1.14 bits per heavy atom. The predicted octanol–water partition coefficient (Wildman–Crippen LogP) is 3.07. The first kappa shape index (κ1) is 13.8. The van der Waals surface area contributed by atoms with E-state index in [4.69, 9.17) is 4.42 Å². The maximum Gasteiger partial charge on any atom is 0.208 e. The van der Waals surface area contributed by atoms with Gasteiger partial charge in [-0.15, -0.1) is 0 Å². The van der Waals surface area contributed by atoms with Crippen molar-refractivity contribution >= 4 is 0 Å². The van der Waals surface area contributed by atoms with E-state index in [1.807, 2.05) is 6.20 Å². The van der Waals surface area contributed by atoms with Crippen LogP contribution in [0.15, 0.2) is 10.6 Å². The molecule has 1 N–H and O–H groups in total. The van der Waals surface area contributed by atoms with Crippen molar-refractivity contribution in [1.29, 1.82) is 0 Å². The normalized spacial score (nSPS) is 34.4. The molecule has 4 rings (SSSR count). The van der Waals surface area contributed by atoms with Crippen LogP contribution in [0, 0.1) is 5.92 Å². The zero-order valence-electron chi connectivity index (χ0n) is 12.7. The molecule has 0 unspecified atom stereocenters. The molecule has 2 saturated carbocycles. The fourth-order valence-electron chi connectivity index (χ4n) is 4.25. The summed E-state index contributed by atoms with van der Waals surface area (Å²) in [6, 6.07) is 0.525. The van der Waals surface area contributed by atoms with Crippen molar-refractivity contribution in [3.63, 3.8) is 0 Å². The number of rotatable bonds is 4. The van der Waals surface area contributed by atoms with Gasteiger partial charge in [-0.25, -0.2) is 4.98 Å². The molecule has 2 aliphatic carbocycles. The standard InChI is InChI=1S/C17H26N2O2/c20-15-6-2-1-4-13(15)14-5-3-9-19(14)11-17-18-10-16(21-17)12-7-8-12/h10,12-15,20H,1-9,11H2/t13-,14+,15+/m0/s1. The number of oxazole rings is 1. The number of nitrogens with zero attached hydrogens (tertiary/aromatic N) is 2. The van der Waals surface area contributed by atoms with Gasteiger partial charge in [0.1, 0.15) is 5.76 Å². The molecule has 1 aromatic heterocycles. The summed E-state index contributed by atoms with van der Waals surface area (Å²) in [6.07, 6.45) is 11.4. The molecule has 0 bridgehead atoms. The Balaban J connectivity index is 1.42. The van der Waals surface area contributed by atoms with Crippen LogP contribution < -0.4 is 0 Å². The Labute approximate surface area is 126 Å². The molecular formula is C17H26N2O2. The summed E-state index contributed by atoms with van der Waals surface area (Å²) in [7, 11) is 0. The Morgan fingerprint density at radius 2 is 2.00 bits per heavy atom. The highest BCUT2D eigenvalue weighted by atomic mass is 16.4. The second-order valence-electron chi connectivity index (χ2n) is 7.13. The Bertz CT molecular complexity index is 483. The fraction of sp³-hybridized carbons (Fsp3) is 0.824. The maximum atomic E-state index is 10.3. The molecule has 1 aromatic rings. The highest BCUT2D eigenvalue weighted by molar-refractivity contribution is 5.08. The molecule has 2 heterocycles. The molecule has 0 radical (unpaired) electrons. The molecule has 1 aliphatic heterocycles. The van der Waals surface area contributed by atoms with Crippen molar-refractivity contribution < 1.29 is 9.52 Å². The molecule has 0 amide bonds. The van der Waals surface area contributed by atoms with Crippen LogP contribution in [0.25, 0.3) is 0 Å². The Hall–Kier alpha value is -0.870. The largest absolute Gasteiger partial charge is 0.444 e. The second kappa shape index (κ2) is 5.73. The van der Waals surface area contributed by atoms with Crippen LogP contribution in [-0.4, -0.2) is 33.7 Å². The van der Waals surface area contributed by atoms with Gasteiger partial charge in [0.05, 0.1) is 18.8 Å².